The molecule has 0 radical (unpaired) electrons. The van der Waals surface area contributed by atoms with Crippen LogP contribution in [0.4, 0.5) is 0 Å². The number of carbonyl (C=O) groups excluding carboxylic acids is 2. The van der Waals surface area contributed by atoms with E-state index in [1.165, 1.54) is 23.9 Å². The lowest BCUT2D eigenvalue weighted by atomic mass is 9.90. The molecule has 1 aliphatic rings. The van der Waals surface area contributed by atoms with Crippen molar-refractivity contribution in [1.29, 1.82) is 0 Å². The first kappa shape index (κ1) is 19.5. The molecule has 7 nitrogen and oxygen atoms in total. The second-order valence-electron chi connectivity index (χ2n) is 6.93. The molecule has 1 aliphatic heterocycles. The van der Waals surface area contributed by atoms with E-state index in [1.807, 2.05) is 18.2 Å². The highest BCUT2D eigenvalue weighted by molar-refractivity contribution is 5.96. The van der Waals surface area contributed by atoms with Gasteiger partial charge in [-0.2, -0.15) is 0 Å². The summed E-state index contributed by atoms with van der Waals surface area (Å²) in [6, 6.07) is 13.0. The first-order chi connectivity index (χ1) is 13.5. The number of piperidine rings is 1. The van der Waals surface area contributed by atoms with Crippen LogP contribution < -0.4 is 5.32 Å². The van der Waals surface area contributed by atoms with Crippen LogP contribution in [0, 0.1) is 5.92 Å². The molecule has 3 rings (SSSR count). The van der Waals surface area contributed by atoms with Crippen LogP contribution in [-0.2, 0) is 11.2 Å². The Morgan fingerprint density at radius 1 is 1.07 bits per heavy atom. The number of amides is 2. The number of pyridine rings is 1. The molecule has 0 atom stereocenters. The number of nitrogens with one attached hydrogen (secondary N) is 1. The molecule has 146 valence electrons. The quantitative estimate of drug-likeness (QED) is 0.797. The zero-order chi connectivity index (χ0) is 19.9. The molecule has 1 aromatic heterocycles. The SMILES string of the molecule is O=C(NCC(=O)N1CCC(Cc2ccccc2)CC1)c1ccc(C(=O)O)nc1. The lowest BCUT2D eigenvalue weighted by Gasteiger charge is -2.32. The van der Waals surface area contributed by atoms with E-state index < -0.39 is 11.9 Å². The molecule has 28 heavy (non-hydrogen) atoms. The number of aromatic carboxylic acids is 1. The van der Waals surface area contributed by atoms with Gasteiger partial charge in [-0.1, -0.05) is 30.3 Å². The van der Waals surface area contributed by atoms with Crippen LogP contribution in [0.15, 0.2) is 48.7 Å². The van der Waals surface area contributed by atoms with Crippen molar-refractivity contribution in [1.82, 2.24) is 15.2 Å². The molecule has 7 heteroatoms. The van der Waals surface area contributed by atoms with E-state index in [4.69, 9.17) is 5.11 Å². The smallest absolute Gasteiger partial charge is 0.354 e. The van der Waals surface area contributed by atoms with Crippen molar-refractivity contribution < 1.29 is 19.5 Å². The van der Waals surface area contributed by atoms with Crippen LogP contribution >= 0.6 is 0 Å². The van der Waals surface area contributed by atoms with Crippen LogP contribution in [0.3, 0.4) is 0 Å². The number of benzene rings is 1. The van der Waals surface area contributed by atoms with E-state index in [1.54, 1.807) is 4.90 Å². The maximum absolute atomic E-state index is 12.4. The molecule has 2 N–H and O–H groups in total. The minimum absolute atomic E-state index is 0.0805. The average Bonchev–Trinajstić information content (AvgIpc) is 2.73. The molecule has 1 saturated heterocycles. The highest BCUT2D eigenvalue weighted by Gasteiger charge is 2.23. The fourth-order valence-electron chi connectivity index (χ4n) is 3.36. The summed E-state index contributed by atoms with van der Waals surface area (Å²) in [4.78, 5) is 40.7. The number of nitrogens with zero attached hydrogens (tertiary/aromatic N) is 2. The third-order valence-electron chi connectivity index (χ3n) is 4.98. The van der Waals surface area contributed by atoms with Crippen molar-refractivity contribution in [2.24, 2.45) is 5.92 Å². The lowest BCUT2D eigenvalue weighted by molar-refractivity contribution is -0.131. The Morgan fingerprint density at radius 2 is 1.79 bits per heavy atom. The third-order valence-corrected chi connectivity index (χ3v) is 4.98. The van der Waals surface area contributed by atoms with Gasteiger partial charge < -0.3 is 15.3 Å². The summed E-state index contributed by atoms with van der Waals surface area (Å²) < 4.78 is 0. The first-order valence-corrected chi connectivity index (χ1v) is 9.32. The van der Waals surface area contributed by atoms with Crippen molar-refractivity contribution in [3.63, 3.8) is 0 Å². The van der Waals surface area contributed by atoms with Gasteiger partial charge >= 0.3 is 5.97 Å². The minimum Gasteiger partial charge on any atom is -0.477 e. The zero-order valence-corrected chi connectivity index (χ0v) is 15.5. The van der Waals surface area contributed by atoms with Crippen molar-refractivity contribution >= 4 is 17.8 Å². The molecular weight excluding hydrogens is 358 g/mol. The van der Waals surface area contributed by atoms with Gasteiger partial charge in [-0.15, -0.1) is 0 Å². The topological polar surface area (TPSA) is 99.6 Å². The standard InChI is InChI=1S/C21H23N3O4/c25-19(14-23-20(26)17-6-7-18(21(27)28)22-13-17)24-10-8-16(9-11-24)12-15-4-2-1-3-5-15/h1-7,13,16H,8-12,14H2,(H,23,26)(H,27,28). The van der Waals surface area contributed by atoms with Gasteiger partial charge in [0.25, 0.3) is 5.91 Å². The second kappa shape index (κ2) is 9.12. The van der Waals surface area contributed by atoms with Crippen LogP contribution in [0.25, 0.3) is 0 Å². The normalized spacial score (nSPS) is 14.5. The first-order valence-electron chi connectivity index (χ1n) is 9.32. The summed E-state index contributed by atoms with van der Waals surface area (Å²) in [7, 11) is 0. The number of carbonyl (C=O) groups is 3. The van der Waals surface area contributed by atoms with Crippen LogP contribution in [0.5, 0.6) is 0 Å². The number of rotatable bonds is 6. The highest BCUT2D eigenvalue weighted by Crippen LogP contribution is 2.21. The van der Waals surface area contributed by atoms with Crippen LogP contribution in [0.1, 0.15) is 39.3 Å². The van der Waals surface area contributed by atoms with Gasteiger partial charge in [0, 0.05) is 19.3 Å². The molecule has 0 bridgehead atoms. The number of aromatic nitrogens is 1. The molecule has 0 aliphatic carbocycles. The number of hydrogen-bond acceptors (Lipinski definition) is 4. The largest absolute Gasteiger partial charge is 0.477 e. The fourth-order valence-corrected chi connectivity index (χ4v) is 3.36. The van der Waals surface area contributed by atoms with Gasteiger partial charge in [0.15, 0.2) is 0 Å². The number of likely N-dealkylation sites (tertiary alicyclic amines) is 1. The van der Waals surface area contributed by atoms with E-state index in [-0.39, 0.29) is 23.7 Å². The highest BCUT2D eigenvalue weighted by atomic mass is 16.4. The molecule has 1 fully saturated rings. The van der Waals surface area contributed by atoms with Gasteiger partial charge in [0.2, 0.25) is 5.91 Å². The summed E-state index contributed by atoms with van der Waals surface area (Å²) in [6.45, 7) is 1.31. The summed E-state index contributed by atoms with van der Waals surface area (Å²) in [5.74, 6) is -1.14. The van der Waals surface area contributed by atoms with Crippen molar-refractivity contribution in [2.45, 2.75) is 19.3 Å². The molecule has 2 heterocycles. The molecule has 2 aromatic rings. The molecular formula is C21H23N3O4. The Labute approximate surface area is 163 Å². The number of carboxylic acid groups (broad SMARTS) is 1. The van der Waals surface area contributed by atoms with Gasteiger partial charge in [0.05, 0.1) is 12.1 Å². The summed E-state index contributed by atoms with van der Waals surface area (Å²) in [6.07, 6.45) is 4.13. The van der Waals surface area contributed by atoms with Gasteiger partial charge in [-0.05, 0) is 42.9 Å². The maximum Gasteiger partial charge on any atom is 0.354 e. The van der Waals surface area contributed by atoms with Crippen LogP contribution in [-0.4, -0.2) is 52.4 Å². The van der Waals surface area contributed by atoms with Gasteiger partial charge in [-0.25, -0.2) is 9.78 Å². The third kappa shape index (κ3) is 5.16. The minimum atomic E-state index is -1.15. The number of carboxylic acids is 1. The van der Waals surface area contributed by atoms with Crippen LogP contribution in [0.2, 0.25) is 0 Å². The Balaban J connectivity index is 1.43. The van der Waals surface area contributed by atoms with Gasteiger partial charge in [-0.3, -0.25) is 9.59 Å². The zero-order valence-electron chi connectivity index (χ0n) is 15.5. The summed E-state index contributed by atoms with van der Waals surface area (Å²) >= 11 is 0. The fraction of sp³-hybridized carbons (Fsp3) is 0.333. The predicted molar refractivity (Wildman–Crippen MR) is 103 cm³/mol. The molecule has 1 aromatic carbocycles. The maximum atomic E-state index is 12.4. The molecule has 0 saturated carbocycles. The van der Waals surface area contributed by atoms with Crippen molar-refractivity contribution in [2.75, 3.05) is 19.6 Å². The van der Waals surface area contributed by atoms with E-state index in [0.29, 0.717) is 19.0 Å². The van der Waals surface area contributed by atoms with Crippen molar-refractivity contribution in [3.05, 3.63) is 65.5 Å². The monoisotopic (exact) mass is 381 g/mol. The van der Waals surface area contributed by atoms with E-state index in [0.717, 1.165) is 19.3 Å². The Kier molecular flexibility index (Phi) is 6.37. The second-order valence-corrected chi connectivity index (χ2v) is 6.93. The Hall–Kier alpha value is -3.22. The summed E-state index contributed by atoms with van der Waals surface area (Å²) in [5.41, 5.74) is 1.41. The Morgan fingerprint density at radius 3 is 2.39 bits per heavy atom. The average molecular weight is 381 g/mol. The van der Waals surface area contributed by atoms with E-state index >= 15 is 0 Å². The van der Waals surface area contributed by atoms with Crippen molar-refractivity contribution in [3.8, 4) is 0 Å². The Bertz CT molecular complexity index is 828. The molecule has 0 unspecified atom stereocenters. The molecule has 2 amide bonds. The predicted octanol–water partition coefficient (Wildman–Crippen LogP) is 1.99. The van der Waals surface area contributed by atoms with E-state index in [2.05, 4.69) is 22.4 Å². The lowest BCUT2D eigenvalue weighted by Crippen LogP contribution is -2.44. The van der Waals surface area contributed by atoms with E-state index in [9.17, 15) is 14.4 Å². The summed E-state index contributed by atoms with van der Waals surface area (Å²) in [5, 5.41) is 11.4. The molecule has 0 spiro atoms. The van der Waals surface area contributed by atoms with Gasteiger partial charge in [0.1, 0.15) is 5.69 Å². The number of hydrogen-bond donors (Lipinski definition) is 2.